The van der Waals surface area contributed by atoms with E-state index in [1.807, 2.05) is 0 Å². The van der Waals surface area contributed by atoms with E-state index in [4.69, 9.17) is 4.74 Å². The van der Waals surface area contributed by atoms with Crippen LogP contribution in [0.5, 0.6) is 28.7 Å². The van der Waals surface area contributed by atoms with Gasteiger partial charge in [0.25, 0.3) is 0 Å². The zero-order chi connectivity index (χ0) is 35.5. The number of aliphatic hydroxyl groups is 5. The summed E-state index contributed by atoms with van der Waals surface area (Å²) in [5.41, 5.74) is 0.276. The fourth-order valence-electron chi connectivity index (χ4n) is 6.65. The lowest BCUT2D eigenvalue weighted by molar-refractivity contribution is -0.232. The summed E-state index contributed by atoms with van der Waals surface area (Å²) in [5, 5.41) is 99.9. The first-order valence-electron chi connectivity index (χ1n) is 14.9. The number of carbonyl (C=O) groups is 3. The Labute approximate surface area is 276 Å². The summed E-state index contributed by atoms with van der Waals surface area (Å²) >= 11 is 0. The third-order valence-electron chi connectivity index (χ3n) is 8.98. The molecule has 49 heavy (non-hydrogen) atoms. The molecule has 14 heteroatoms. The first-order valence-corrected chi connectivity index (χ1v) is 14.9. The Bertz CT molecular complexity index is 2020. The molecule has 1 aliphatic heterocycles. The number of ether oxygens (including phenoxy) is 1. The van der Waals surface area contributed by atoms with Crippen LogP contribution in [0, 0.1) is 0 Å². The van der Waals surface area contributed by atoms with E-state index in [0.29, 0.717) is 5.56 Å². The molecule has 1 fully saturated rings. The molecule has 0 radical (unpaired) electrons. The van der Waals surface area contributed by atoms with Crippen LogP contribution in [0.15, 0.2) is 60.7 Å². The van der Waals surface area contributed by atoms with Crippen LogP contribution in [0.1, 0.15) is 70.4 Å². The molecule has 10 N–H and O–H groups in total. The van der Waals surface area contributed by atoms with E-state index >= 15 is 0 Å². The van der Waals surface area contributed by atoms with Gasteiger partial charge in [-0.05, 0) is 28.8 Å². The molecule has 7 rings (SSSR count). The van der Waals surface area contributed by atoms with Gasteiger partial charge in [0, 0.05) is 23.1 Å². The Morgan fingerprint density at radius 2 is 1.18 bits per heavy atom. The minimum absolute atomic E-state index is 0.0843. The number of hydrogen-bond donors (Lipinski definition) is 10. The molecule has 4 aromatic rings. The molecular weight excluding hydrogens is 644 g/mol. The van der Waals surface area contributed by atoms with Crippen LogP contribution in [0.25, 0.3) is 0 Å². The highest BCUT2D eigenvalue weighted by Crippen LogP contribution is 2.48. The van der Waals surface area contributed by atoms with Crippen LogP contribution in [-0.4, -0.2) is 106 Å². The van der Waals surface area contributed by atoms with Gasteiger partial charge in [-0.2, -0.15) is 0 Å². The molecular formula is C35H30O14. The number of benzene rings is 4. The van der Waals surface area contributed by atoms with E-state index in [1.54, 1.807) is 18.2 Å². The zero-order valence-corrected chi connectivity index (χ0v) is 25.3. The van der Waals surface area contributed by atoms with Crippen molar-refractivity contribution in [2.24, 2.45) is 0 Å². The van der Waals surface area contributed by atoms with Crippen molar-refractivity contribution in [3.05, 3.63) is 111 Å². The highest BCUT2D eigenvalue weighted by molar-refractivity contribution is 6.30. The van der Waals surface area contributed by atoms with E-state index in [1.165, 1.54) is 36.4 Å². The second-order valence-electron chi connectivity index (χ2n) is 11.8. The second-order valence-corrected chi connectivity index (χ2v) is 11.8. The molecule has 1 saturated heterocycles. The van der Waals surface area contributed by atoms with Gasteiger partial charge in [0.1, 0.15) is 41.7 Å². The van der Waals surface area contributed by atoms with Crippen LogP contribution in [0.2, 0.25) is 0 Å². The van der Waals surface area contributed by atoms with Crippen LogP contribution in [0.4, 0.5) is 0 Å². The molecule has 0 spiro atoms. The largest absolute Gasteiger partial charge is 0.507 e. The maximum Gasteiger partial charge on any atom is 0.201 e. The van der Waals surface area contributed by atoms with Crippen molar-refractivity contribution in [1.29, 1.82) is 0 Å². The molecule has 4 aromatic carbocycles. The number of fused-ring (bicyclic) bond motifs is 4. The lowest BCUT2D eigenvalue weighted by atomic mass is 9.71. The normalized spacial score (nSPS) is 23.8. The summed E-state index contributed by atoms with van der Waals surface area (Å²) in [6.07, 6.45) is -7.22. The van der Waals surface area contributed by atoms with Gasteiger partial charge >= 0.3 is 0 Å². The third kappa shape index (κ3) is 5.27. The monoisotopic (exact) mass is 674 g/mol. The van der Waals surface area contributed by atoms with Gasteiger partial charge in [0.05, 0.1) is 41.6 Å². The quantitative estimate of drug-likeness (QED) is 0.0933. The molecule has 0 aromatic heterocycles. The Kier molecular flexibility index (Phi) is 8.62. The molecule has 0 saturated carbocycles. The van der Waals surface area contributed by atoms with E-state index in [0.717, 1.165) is 6.07 Å². The number of ketones is 3. The van der Waals surface area contributed by atoms with Gasteiger partial charge in [-0.25, -0.2) is 0 Å². The van der Waals surface area contributed by atoms with Crippen molar-refractivity contribution in [3.63, 3.8) is 0 Å². The highest BCUT2D eigenvalue weighted by atomic mass is 16.5. The maximum absolute atomic E-state index is 13.1. The Morgan fingerprint density at radius 1 is 0.571 bits per heavy atom. The van der Waals surface area contributed by atoms with Crippen molar-refractivity contribution in [3.8, 4) is 28.7 Å². The van der Waals surface area contributed by atoms with Gasteiger partial charge in [-0.3, -0.25) is 14.4 Å². The van der Waals surface area contributed by atoms with Crippen molar-refractivity contribution in [1.82, 2.24) is 0 Å². The molecule has 254 valence electrons. The van der Waals surface area contributed by atoms with Crippen molar-refractivity contribution in [2.75, 3.05) is 6.61 Å². The number of aliphatic hydroxyl groups excluding tert-OH is 5. The van der Waals surface area contributed by atoms with Crippen LogP contribution >= 0.6 is 0 Å². The number of carbonyl (C=O) groups excluding carboxylic acids is 3. The summed E-state index contributed by atoms with van der Waals surface area (Å²) in [4.78, 5) is 37.6. The Balaban J connectivity index is 0.000000188. The van der Waals surface area contributed by atoms with Crippen molar-refractivity contribution in [2.45, 2.75) is 43.0 Å². The average Bonchev–Trinajstić information content (AvgIpc) is 3.08. The topological polar surface area (TPSA) is 263 Å². The molecule has 0 unspecified atom stereocenters. The summed E-state index contributed by atoms with van der Waals surface area (Å²) in [6.45, 7) is -1.06. The number of aromatic hydroxyl groups is 5. The van der Waals surface area contributed by atoms with Gasteiger partial charge in [-0.1, -0.05) is 42.5 Å². The minimum Gasteiger partial charge on any atom is -0.507 e. The van der Waals surface area contributed by atoms with Gasteiger partial charge in [0.2, 0.25) is 5.78 Å². The average molecular weight is 675 g/mol. The highest BCUT2D eigenvalue weighted by Gasteiger charge is 2.50. The second kappa shape index (κ2) is 12.6. The van der Waals surface area contributed by atoms with Gasteiger partial charge < -0.3 is 55.8 Å². The standard InChI is InChI=1S/C21H22O9.C14H8O5/c22-6-8-4-10-14(21-20(29)19(28)17(26)13(7-23)30-21)9-2-1-3-11(24)15(9)18(27)16(10)12(25)5-8;15-8-5-9(16)14(19)11-10(8)12(17)6-3-1-2-4-7(6)13(11)18/h1-5,13-14,17,19-26,28-29H,6-7H2;1-5,15-16,19H/t13-,14-,17-,19+,20-,21+;/m1./s1. The molecule has 3 aliphatic rings. The lowest BCUT2D eigenvalue weighted by Gasteiger charge is -2.45. The number of rotatable bonds is 3. The number of hydrogen-bond acceptors (Lipinski definition) is 14. The molecule has 0 amide bonds. The van der Waals surface area contributed by atoms with Gasteiger partial charge in [0.15, 0.2) is 23.1 Å². The predicted octanol–water partition coefficient (Wildman–Crippen LogP) is 0.688. The SMILES string of the molecule is O=C1c2c(O)cccc2[C@@H]([C@@H]2O[C@H](CO)[C@@H](O)[C@H](O)[C@H]2O)c2cc(CO)cc(O)c21.O=C1c2ccccc2C(=O)c2c(O)c(O)cc(O)c21. The van der Waals surface area contributed by atoms with Crippen LogP contribution in [0.3, 0.4) is 0 Å². The lowest BCUT2D eigenvalue weighted by Crippen LogP contribution is -2.60. The molecule has 1 heterocycles. The summed E-state index contributed by atoms with van der Waals surface area (Å²) in [7, 11) is 0. The number of phenolic OH excluding ortho intramolecular Hbond substituents is 5. The Morgan fingerprint density at radius 3 is 1.82 bits per heavy atom. The molecule has 0 bridgehead atoms. The van der Waals surface area contributed by atoms with E-state index in [2.05, 4.69) is 0 Å². The molecule has 6 atom stereocenters. The molecule has 14 nitrogen and oxygen atoms in total. The minimum atomic E-state index is -1.64. The van der Waals surface area contributed by atoms with Crippen LogP contribution in [-0.2, 0) is 11.3 Å². The summed E-state index contributed by atoms with van der Waals surface area (Å²) in [5.74, 6) is -5.36. The first-order chi connectivity index (χ1) is 23.3. The zero-order valence-electron chi connectivity index (χ0n) is 25.3. The van der Waals surface area contributed by atoms with E-state index in [9.17, 15) is 65.4 Å². The number of phenols is 5. The van der Waals surface area contributed by atoms with E-state index in [-0.39, 0.29) is 50.3 Å². The van der Waals surface area contributed by atoms with Crippen molar-refractivity contribution >= 4 is 17.3 Å². The summed E-state index contributed by atoms with van der Waals surface area (Å²) in [6, 6.07) is 14.0. The Hall–Kier alpha value is -5.35. The third-order valence-corrected chi connectivity index (χ3v) is 8.98. The smallest absolute Gasteiger partial charge is 0.201 e. The first kappa shape index (κ1) is 33.5. The summed E-state index contributed by atoms with van der Waals surface area (Å²) < 4.78 is 5.73. The molecule has 2 aliphatic carbocycles. The van der Waals surface area contributed by atoms with E-state index < -0.39 is 90.0 Å². The fourth-order valence-corrected chi connectivity index (χ4v) is 6.65. The predicted molar refractivity (Wildman–Crippen MR) is 166 cm³/mol. The fraction of sp³-hybridized carbons (Fsp3) is 0.229. The van der Waals surface area contributed by atoms with Crippen LogP contribution < -0.4 is 0 Å². The van der Waals surface area contributed by atoms with Gasteiger partial charge in [-0.15, -0.1) is 0 Å². The van der Waals surface area contributed by atoms with Crippen molar-refractivity contribution < 1.29 is 70.2 Å². The maximum atomic E-state index is 13.1.